The highest BCUT2D eigenvalue weighted by molar-refractivity contribution is 5.72. The third-order valence-corrected chi connectivity index (χ3v) is 4.53. The number of aliphatic hydroxyl groups is 1. The van der Waals surface area contributed by atoms with E-state index in [2.05, 4.69) is 5.32 Å². The average molecular weight is 346 g/mol. The van der Waals surface area contributed by atoms with Gasteiger partial charge in [0, 0.05) is 0 Å². The Morgan fingerprint density at radius 3 is 1.69 bits per heavy atom. The third-order valence-electron chi connectivity index (χ3n) is 4.53. The van der Waals surface area contributed by atoms with Crippen molar-refractivity contribution in [1.29, 1.82) is 0 Å². The van der Waals surface area contributed by atoms with Gasteiger partial charge in [0.1, 0.15) is 5.60 Å². The number of hydrogen-bond donors (Lipinski definition) is 3. The maximum Gasteiger partial charge on any atom is 0.312 e. The molecule has 26 heavy (non-hydrogen) atoms. The SMILES string of the molecule is NC(=O)N[C@H](Cc1ccccc1)C(O)(c1ccccc1)c1ccccc1. The number of rotatable bonds is 6. The molecule has 3 aromatic rings. The summed E-state index contributed by atoms with van der Waals surface area (Å²) in [6.45, 7) is 0. The zero-order valence-electron chi connectivity index (χ0n) is 14.4. The number of benzene rings is 3. The normalized spacial score (nSPS) is 12.3. The van der Waals surface area contributed by atoms with Gasteiger partial charge in [0.05, 0.1) is 6.04 Å². The summed E-state index contributed by atoms with van der Waals surface area (Å²) >= 11 is 0. The van der Waals surface area contributed by atoms with E-state index in [4.69, 9.17) is 5.73 Å². The predicted molar refractivity (Wildman–Crippen MR) is 103 cm³/mol. The van der Waals surface area contributed by atoms with Crippen LogP contribution in [0.15, 0.2) is 91.0 Å². The Bertz CT molecular complexity index is 796. The highest BCUT2D eigenvalue weighted by Gasteiger charge is 2.40. The summed E-state index contributed by atoms with van der Waals surface area (Å²) in [6.07, 6.45) is 0.435. The summed E-state index contributed by atoms with van der Waals surface area (Å²) in [6, 6.07) is 27.1. The Morgan fingerprint density at radius 2 is 1.27 bits per heavy atom. The van der Waals surface area contributed by atoms with Crippen LogP contribution in [0.1, 0.15) is 16.7 Å². The summed E-state index contributed by atoms with van der Waals surface area (Å²) in [5.41, 5.74) is 6.40. The molecule has 0 heterocycles. The molecule has 0 aliphatic carbocycles. The molecule has 1 atom stereocenters. The van der Waals surface area contributed by atoms with E-state index in [9.17, 15) is 9.90 Å². The van der Waals surface area contributed by atoms with Crippen molar-refractivity contribution in [1.82, 2.24) is 5.32 Å². The van der Waals surface area contributed by atoms with E-state index in [0.29, 0.717) is 17.5 Å². The third kappa shape index (κ3) is 3.76. The molecular weight excluding hydrogens is 324 g/mol. The monoisotopic (exact) mass is 346 g/mol. The lowest BCUT2D eigenvalue weighted by Crippen LogP contribution is -2.54. The Kier molecular flexibility index (Phi) is 5.34. The topological polar surface area (TPSA) is 75.4 Å². The highest BCUT2D eigenvalue weighted by atomic mass is 16.3. The lowest BCUT2D eigenvalue weighted by Gasteiger charge is -2.37. The zero-order valence-corrected chi connectivity index (χ0v) is 14.4. The maximum absolute atomic E-state index is 11.9. The number of amides is 2. The van der Waals surface area contributed by atoms with Crippen molar-refractivity contribution in [3.05, 3.63) is 108 Å². The fourth-order valence-electron chi connectivity index (χ4n) is 3.28. The van der Waals surface area contributed by atoms with Crippen LogP contribution < -0.4 is 11.1 Å². The second-order valence-electron chi connectivity index (χ2n) is 6.25. The molecule has 4 heteroatoms. The van der Waals surface area contributed by atoms with Gasteiger partial charge in [-0.3, -0.25) is 0 Å². The molecule has 0 saturated carbocycles. The molecule has 0 unspecified atom stereocenters. The smallest absolute Gasteiger partial charge is 0.312 e. The van der Waals surface area contributed by atoms with Crippen LogP contribution in [0.2, 0.25) is 0 Å². The first kappa shape index (κ1) is 17.7. The average Bonchev–Trinajstić information content (AvgIpc) is 2.69. The molecule has 4 nitrogen and oxygen atoms in total. The van der Waals surface area contributed by atoms with E-state index in [1.165, 1.54) is 0 Å². The molecule has 0 aromatic heterocycles. The van der Waals surface area contributed by atoms with Crippen LogP contribution in [0, 0.1) is 0 Å². The van der Waals surface area contributed by atoms with Gasteiger partial charge in [0.25, 0.3) is 0 Å². The molecule has 0 bridgehead atoms. The van der Waals surface area contributed by atoms with Gasteiger partial charge in [0.15, 0.2) is 0 Å². The Balaban J connectivity index is 2.11. The summed E-state index contributed by atoms with van der Waals surface area (Å²) in [7, 11) is 0. The second-order valence-corrected chi connectivity index (χ2v) is 6.25. The van der Waals surface area contributed by atoms with E-state index in [-0.39, 0.29) is 0 Å². The first-order valence-corrected chi connectivity index (χ1v) is 8.54. The van der Waals surface area contributed by atoms with Gasteiger partial charge in [-0.2, -0.15) is 0 Å². The van der Waals surface area contributed by atoms with Crippen molar-refractivity contribution in [3.63, 3.8) is 0 Å². The minimum Gasteiger partial charge on any atom is -0.378 e. The molecule has 132 valence electrons. The Morgan fingerprint density at radius 1 is 0.846 bits per heavy atom. The molecule has 3 aromatic carbocycles. The van der Waals surface area contributed by atoms with Gasteiger partial charge in [-0.15, -0.1) is 0 Å². The van der Waals surface area contributed by atoms with Crippen LogP contribution in [-0.2, 0) is 12.0 Å². The number of nitrogens with two attached hydrogens (primary N) is 1. The summed E-state index contributed by atoms with van der Waals surface area (Å²) in [5.74, 6) is 0. The quantitative estimate of drug-likeness (QED) is 0.641. The standard InChI is InChI=1S/C22H22N2O2/c23-21(25)24-20(16-17-10-4-1-5-11-17)22(26,18-12-6-2-7-13-18)19-14-8-3-9-15-19/h1-15,20,26H,16H2,(H3,23,24,25)/t20-/m1/s1. The van der Waals surface area contributed by atoms with Crippen LogP contribution in [0.5, 0.6) is 0 Å². The molecule has 0 aliphatic heterocycles. The molecule has 4 N–H and O–H groups in total. The van der Waals surface area contributed by atoms with Crippen LogP contribution >= 0.6 is 0 Å². The first-order chi connectivity index (χ1) is 12.6. The van der Waals surface area contributed by atoms with Crippen LogP contribution in [0.25, 0.3) is 0 Å². The number of nitrogens with one attached hydrogen (secondary N) is 1. The van der Waals surface area contributed by atoms with Crippen LogP contribution in [-0.4, -0.2) is 17.2 Å². The lowest BCUT2D eigenvalue weighted by molar-refractivity contribution is 0.0412. The summed E-state index contributed by atoms with van der Waals surface area (Å²) in [4.78, 5) is 11.7. The number of carbonyl (C=O) groups excluding carboxylic acids is 1. The van der Waals surface area contributed by atoms with Crippen molar-refractivity contribution in [2.75, 3.05) is 0 Å². The van der Waals surface area contributed by atoms with E-state index in [1.54, 1.807) is 0 Å². The second kappa shape index (κ2) is 7.85. The molecule has 0 radical (unpaired) electrons. The lowest BCUT2D eigenvalue weighted by atomic mass is 9.78. The number of hydrogen-bond acceptors (Lipinski definition) is 2. The van der Waals surface area contributed by atoms with Gasteiger partial charge in [-0.1, -0.05) is 91.0 Å². The van der Waals surface area contributed by atoms with Gasteiger partial charge in [-0.05, 0) is 23.1 Å². The van der Waals surface area contributed by atoms with Gasteiger partial charge in [-0.25, -0.2) is 4.79 Å². The van der Waals surface area contributed by atoms with Crippen LogP contribution in [0.4, 0.5) is 4.79 Å². The fraction of sp³-hybridized carbons (Fsp3) is 0.136. The first-order valence-electron chi connectivity index (χ1n) is 8.54. The van der Waals surface area contributed by atoms with E-state index < -0.39 is 17.7 Å². The van der Waals surface area contributed by atoms with Crippen LogP contribution in [0.3, 0.4) is 0 Å². The Hall–Kier alpha value is -3.11. The molecule has 3 rings (SSSR count). The van der Waals surface area contributed by atoms with Gasteiger partial charge >= 0.3 is 6.03 Å². The maximum atomic E-state index is 11.9. The molecule has 2 amide bonds. The highest BCUT2D eigenvalue weighted by Crippen LogP contribution is 2.34. The van der Waals surface area contributed by atoms with Crippen molar-refractivity contribution in [2.45, 2.75) is 18.1 Å². The van der Waals surface area contributed by atoms with Gasteiger partial charge in [0.2, 0.25) is 0 Å². The zero-order chi connectivity index (χ0) is 18.4. The van der Waals surface area contributed by atoms with E-state index >= 15 is 0 Å². The summed E-state index contributed by atoms with van der Waals surface area (Å²) < 4.78 is 0. The van der Waals surface area contributed by atoms with Crippen molar-refractivity contribution >= 4 is 6.03 Å². The molecule has 0 fully saturated rings. The van der Waals surface area contributed by atoms with Crippen molar-refractivity contribution in [3.8, 4) is 0 Å². The fourth-order valence-corrected chi connectivity index (χ4v) is 3.28. The molecular formula is C22H22N2O2. The minimum absolute atomic E-state index is 0.435. The molecule has 0 spiro atoms. The van der Waals surface area contributed by atoms with Crippen molar-refractivity contribution in [2.24, 2.45) is 5.73 Å². The largest absolute Gasteiger partial charge is 0.378 e. The molecule has 0 aliphatic rings. The number of urea groups is 1. The molecule has 0 saturated heterocycles. The predicted octanol–water partition coefficient (Wildman–Crippen LogP) is 3.20. The van der Waals surface area contributed by atoms with E-state index in [1.807, 2.05) is 91.0 Å². The number of primary amides is 1. The minimum atomic E-state index is -1.42. The number of carbonyl (C=O) groups is 1. The van der Waals surface area contributed by atoms with E-state index in [0.717, 1.165) is 5.56 Å². The Labute approximate surface area is 153 Å². The van der Waals surface area contributed by atoms with Crippen molar-refractivity contribution < 1.29 is 9.90 Å². The summed E-state index contributed by atoms with van der Waals surface area (Å²) in [5, 5.41) is 14.6. The van der Waals surface area contributed by atoms with Gasteiger partial charge < -0.3 is 16.2 Å².